The summed E-state index contributed by atoms with van der Waals surface area (Å²) >= 11 is 0. The first-order valence-electron chi connectivity index (χ1n) is 9.53. The molecule has 0 radical (unpaired) electrons. The van der Waals surface area contributed by atoms with Crippen LogP contribution < -0.4 is 15.5 Å². The lowest BCUT2D eigenvalue weighted by Gasteiger charge is -2.34. The predicted molar refractivity (Wildman–Crippen MR) is 98.5 cm³/mol. The maximum absolute atomic E-state index is 11.9. The van der Waals surface area contributed by atoms with Gasteiger partial charge in [-0.1, -0.05) is 0 Å². The van der Waals surface area contributed by atoms with Crippen molar-refractivity contribution in [1.29, 1.82) is 0 Å². The minimum Gasteiger partial charge on any atom is -0.356 e. The van der Waals surface area contributed by atoms with Crippen LogP contribution in [0.5, 0.6) is 0 Å². The van der Waals surface area contributed by atoms with E-state index < -0.39 is 0 Å². The van der Waals surface area contributed by atoms with Crippen molar-refractivity contribution < 1.29 is 4.79 Å². The van der Waals surface area contributed by atoms with Crippen LogP contribution in [0.1, 0.15) is 25.7 Å². The van der Waals surface area contributed by atoms with Gasteiger partial charge in [0.05, 0.1) is 0 Å². The number of nitrogens with zero attached hydrogens (tertiary/aromatic N) is 4. The minimum atomic E-state index is 0.206. The van der Waals surface area contributed by atoms with Gasteiger partial charge in [-0.3, -0.25) is 9.69 Å². The van der Waals surface area contributed by atoms with Gasteiger partial charge >= 0.3 is 0 Å². The van der Waals surface area contributed by atoms with Crippen LogP contribution in [0, 0.1) is 5.92 Å². The number of carbonyl (C=O) groups is 1. The van der Waals surface area contributed by atoms with Gasteiger partial charge < -0.3 is 15.5 Å². The van der Waals surface area contributed by atoms with E-state index in [1.54, 1.807) is 12.4 Å². The molecule has 1 atom stereocenters. The van der Waals surface area contributed by atoms with Crippen molar-refractivity contribution in [3.8, 4) is 0 Å². The minimum absolute atomic E-state index is 0.206. The second-order valence-electron chi connectivity index (χ2n) is 6.98. The number of rotatable bonds is 8. The highest BCUT2D eigenvalue weighted by Crippen LogP contribution is 2.14. The summed E-state index contributed by atoms with van der Waals surface area (Å²) < 4.78 is 0. The van der Waals surface area contributed by atoms with Gasteiger partial charge in [0, 0.05) is 51.5 Å². The topological polar surface area (TPSA) is 73.4 Å². The molecule has 25 heavy (non-hydrogen) atoms. The van der Waals surface area contributed by atoms with Crippen LogP contribution in [0.3, 0.4) is 0 Å². The number of aromatic nitrogens is 2. The van der Waals surface area contributed by atoms with Crippen molar-refractivity contribution in [2.24, 2.45) is 5.92 Å². The van der Waals surface area contributed by atoms with Gasteiger partial charge in [-0.05, 0) is 50.9 Å². The number of nitrogens with one attached hydrogen (secondary N) is 2. The van der Waals surface area contributed by atoms with E-state index in [-0.39, 0.29) is 5.91 Å². The smallest absolute Gasteiger partial charge is 0.225 e. The Morgan fingerprint density at radius 1 is 1.24 bits per heavy atom. The first-order valence-corrected chi connectivity index (χ1v) is 9.53. The molecule has 2 aliphatic rings. The summed E-state index contributed by atoms with van der Waals surface area (Å²) in [7, 11) is 0. The number of hydrogen-bond donors (Lipinski definition) is 2. The number of anilines is 1. The van der Waals surface area contributed by atoms with Crippen LogP contribution in [0.2, 0.25) is 0 Å². The average Bonchev–Trinajstić information content (AvgIpc) is 3.18. The number of piperazine rings is 1. The molecule has 1 amide bonds. The second-order valence-corrected chi connectivity index (χ2v) is 6.98. The van der Waals surface area contributed by atoms with Crippen LogP contribution in [-0.2, 0) is 4.79 Å². The Balaban J connectivity index is 1.23. The van der Waals surface area contributed by atoms with Crippen molar-refractivity contribution in [2.45, 2.75) is 25.7 Å². The summed E-state index contributed by atoms with van der Waals surface area (Å²) in [5.41, 5.74) is 0. The van der Waals surface area contributed by atoms with E-state index in [1.165, 1.54) is 6.42 Å². The zero-order valence-electron chi connectivity index (χ0n) is 15.0. The van der Waals surface area contributed by atoms with E-state index in [1.807, 2.05) is 6.07 Å². The molecular formula is C18H30N6O. The summed E-state index contributed by atoms with van der Waals surface area (Å²) in [5, 5.41) is 6.41. The Morgan fingerprint density at radius 3 is 2.76 bits per heavy atom. The van der Waals surface area contributed by atoms with E-state index in [4.69, 9.17) is 0 Å². The molecule has 0 spiro atoms. The molecule has 138 valence electrons. The quantitative estimate of drug-likeness (QED) is 0.668. The molecule has 0 saturated carbocycles. The molecule has 7 heteroatoms. The van der Waals surface area contributed by atoms with Crippen molar-refractivity contribution in [3.05, 3.63) is 18.5 Å². The Hall–Kier alpha value is -1.73. The molecule has 1 aromatic rings. The molecule has 1 aromatic heterocycles. The van der Waals surface area contributed by atoms with Crippen molar-refractivity contribution in [2.75, 3.05) is 57.3 Å². The Labute approximate surface area is 150 Å². The summed E-state index contributed by atoms with van der Waals surface area (Å²) in [5.74, 6) is 1.72. The second kappa shape index (κ2) is 9.68. The molecule has 2 saturated heterocycles. The molecule has 0 bridgehead atoms. The van der Waals surface area contributed by atoms with Crippen LogP contribution in [0.15, 0.2) is 18.5 Å². The van der Waals surface area contributed by atoms with Crippen molar-refractivity contribution >= 4 is 11.9 Å². The molecule has 0 aromatic carbocycles. The molecule has 2 aliphatic heterocycles. The largest absolute Gasteiger partial charge is 0.356 e. The lowest BCUT2D eigenvalue weighted by molar-refractivity contribution is -0.121. The van der Waals surface area contributed by atoms with Crippen LogP contribution in [0.25, 0.3) is 0 Å². The first kappa shape index (κ1) is 18.1. The highest BCUT2D eigenvalue weighted by molar-refractivity contribution is 5.75. The summed E-state index contributed by atoms with van der Waals surface area (Å²) in [6.45, 7) is 7.99. The highest BCUT2D eigenvalue weighted by Gasteiger charge is 2.18. The van der Waals surface area contributed by atoms with E-state index >= 15 is 0 Å². The average molecular weight is 346 g/mol. The van der Waals surface area contributed by atoms with E-state index in [9.17, 15) is 4.79 Å². The normalized spacial score (nSPS) is 21.4. The van der Waals surface area contributed by atoms with E-state index in [0.29, 0.717) is 12.3 Å². The van der Waals surface area contributed by atoms with Gasteiger partial charge in [0.1, 0.15) is 0 Å². The van der Waals surface area contributed by atoms with Crippen molar-refractivity contribution in [3.63, 3.8) is 0 Å². The fraction of sp³-hybridized carbons (Fsp3) is 0.722. The standard InChI is InChI=1S/C18H30N6O/c25-17(4-3-16-5-9-19-15-16)20-8-2-10-23-11-13-24(14-12-23)18-21-6-1-7-22-18/h1,6-7,16,19H,2-5,8-15H2,(H,20,25). The molecule has 2 fully saturated rings. The van der Waals surface area contributed by atoms with Gasteiger partial charge in [0.25, 0.3) is 0 Å². The molecular weight excluding hydrogens is 316 g/mol. The fourth-order valence-corrected chi connectivity index (χ4v) is 3.54. The van der Waals surface area contributed by atoms with Gasteiger partial charge in [-0.15, -0.1) is 0 Å². The lowest BCUT2D eigenvalue weighted by atomic mass is 10.0. The van der Waals surface area contributed by atoms with Crippen LogP contribution in [0.4, 0.5) is 5.95 Å². The molecule has 3 rings (SSSR count). The zero-order valence-corrected chi connectivity index (χ0v) is 15.0. The first-order chi connectivity index (χ1) is 12.3. The van der Waals surface area contributed by atoms with Gasteiger partial charge in [-0.25, -0.2) is 9.97 Å². The number of carbonyl (C=O) groups excluding carboxylic acids is 1. The Kier molecular flexibility index (Phi) is 6.99. The number of amides is 1. The SMILES string of the molecule is O=C(CCC1CCNC1)NCCCN1CCN(c2ncccn2)CC1. The van der Waals surface area contributed by atoms with E-state index in [2.05, 4.69) is 30.4 Å². The lowest BCUT2D eigenvalue weighted by Crippen LogP contribution is -2.47. The molecule has 3 heterocycles. The third-order valence-electron chi connectivity index (χ3n) is 5.12. The predicted octanol–water partition coefficient (Wildman–Crippen LogP) is 0.495. The van der Waals surface area contributed by atoms with E-state index in [0.717, 1.165) is 71.1 Å². The van der Waals surface area contributed by atoms with Gasteiger partial charge in [0.2, 0.25) is 11.9 Å². The summed E-state index contributed by atoms with van der Waals surface area (Å²) in [6, 6.07) is 1.85. The molecule has 0 aliphatic carbocycles. The summed E-state index contributed by atoms with van der Waals surface area (Å²) in [6.07, 6.45) is 7.50. The van der Waals surface area contributed by atoms with Gasteiger partial charge in [-0.2, -0.15) is 0 Å². The maximum Gasteiger partial charge on any atom is 0.225 e. The summed E-state index contributed by atoms with van der Waals surface area (Å²) in [4.78, 5) is 25.2. The third kappa shape index (κ3) is 5.93. The molecule has 2 N–H and O–H groups in total. The van der Waals surface area contributed by atoms with Gasteiger partial charge in [0.15, 0.2) is 0 Å². The monoisotopic (exact) mass is 346 g/mol. The van der Waals surface area contributed by atoms with Crippen molar-refractivity contribution in [1.82, 2.24) is 25.5 Å². The number of hydrogen-bond acceptors (Lipinski definition) is 6. The fourth-order valence-electron chi connectivity index (χ4n) is 3.54. The molecule has 7 nitrogen and oxygen atoms in total. The zero-order chi connectivity index (χ0) is 17.3. The van der Waals surface area contributed by atoms with Crippen LogP contribution >= 0.6 is 0 Å². The highest BCUT2D eigenvalue weighted by atomic mass is 16.1. The maximum atomic E-state index is 11.9. The Bertz CT molecular complexity index is 512. The Morgan fingerprint density at radius 2 is 2.04 bits per heavy atom. The molecule has 1 unspecified atom stereocenters. The van der Waals surface area contributed by atoms with Crippen LogP contribution in [-0.4, -0.2) is 73.1 Å². The third-order valence-corrected chi connectivity index (χ3v) is 5.12.